The van der Waals surface area contributed by atoms with Gasteiger partial charge >= 0.3 is 0 Å². The molecule has 4 rings (SSSR count). The van der Waals surface area contributed by atoms with Crippen LogP contribution in [0.25, 0.3) is 0 Å². The number of nitrogens with two attached hydrogens (primary N) is 1. The Bertz CT molecular complexity index is 543. The van der Waals surface area contributed by atoms with Crippen LogP contribution in [0.1, 0.15) is 42.7 Å². The summed E-state index contributed by atoms with van der Waals surface area (Å²) in [5, 5.41) is 0. The van der Waals surface area contributed by atoms with Gasteiger partial charge in [0.15, 0.2) is 5.96 Å². The van der Waals surface area contributed by atoms with Crippen LogP contribution in [0.5, 0.6) is 0 Å². The summed E-state index contributed by atoms with van der Waals surface area (Å²) in [5.41, 5.74) is 9.36. The van der Waals surface area contributed by atoms with Crippen molar-refractivity contribution in [2.75, 3.05) is 19.6 Å². The van der Waals surface area contributed by atoms with E-state index in [9.17, 15) is 0 Å². The lowest BCUT2D eigenvalue weighted by Gasteiger charge is -2.21. The predicted molar refractivity (Wildman–Crippen MR) is 86.4 cm³/mol. The third-order valence-electron chi connectivity index (χ3n) is 5.60. The minimum absolute atomic E-state index is 0.741. The van der Waals surface area contributed by atoms with Crippen molar-refractivity contribution >= 4 is 5.96 Å². The van der Waals surface area contributed by atoms with Gasteiger partial charge < -0.3 is 10.6 Å². The van der Waals surface area contributed by atoms with Crippen LogP contribution in [-0.4, -0.2) is 30.5 Å². The van der Waals surface area contributed by atoms with Crippen LogP contribution < -0.4 is 5.73 Å². The number of rotatable bonds is 2. The van der Waals surface area contributed by atoms with E-state index in [-0.39, 0.29) is 0 Å². The van der Waals surface area contributed by atoms with Crippen LogP contribution in [0.4, 0.5) is 0 Å². The fraction of sp³-hybridized carbons (Fsp3) is 0.611. The largest absolute Gasteiger partial charge is 0.370 e. The summed E-state index contributed by atoms with van der Waals surface area (Å²) in [6.07, 6.45) is 6.46. The lowest BCUT2D eigenvalue weighted by molar-refractivity contribution is 0.427. The number of hydrogen-bond donors (Lipinski definition) is 1. The van der Waals surface area contributed by atoms with E-state index in [4.69, 9.17) is 10.7 Å². The van der Waals surface area contributed by atoms with E-state index in [2.05, 4.69) is 29.2 Å². The molecule has 1 aliphatic heterocycles. The molecule has 3 unspecified atom stereocenters. The maximum absolute atomic E-state index is 6.21. The molecule has 0 bridgehead atoms. The first-order valence-corrected chi connectivity index (χ1v) is 8.47. The quantitative estimate of drug-likeness (QED) is 0.670. The molecule has 112 valence electrons. The Hall–Kier alpha value is -1.51. The highest BCUT2D eigenvalue weighted by Crippen LogP contribution is 2.61. The molecule has 1 saturated carbocycles. The standard InChI is InChI=1S/C18H25N3/c19-18(21-9-5-1-2-6-10-21)20-12-16-15-11-13-7-3-4-8-14(13)17(15)16/h3-4,7-8,15-17H,1-2,5-6,9-12H2,(H2,19,20). The van der Waals surface area contributed by atoms with Gasteiger partial charge in [-0.1, -0.05) is 37.1 Å². The molecule has 3 atom stereocenters. The molecule has 1 heterocycles. The molecule has 21 heavy (non-hydrogen) atoms. The minimum atomic E-state index is 0.741. The van der Waals surface area contributed by atoms with E-state index in [1.54, 1.807) is 11.1 Å². The van der Waals surface area contributed by atoms with Crippen LogP contribution >= 0.6 is 0 Å². The monoisotopic (exact) mass is 283 g/mol. The lowest BCUT2D eigenvalue weighted by Crippen LogP contribution is -2.38. The smallest absolute Gasteiger partial charge is 0.191 e. The highest BCUT2D eigenvalue weighted by molar-refractivity contribution is 5.78. The maximum atomic E-state index is 6.21. The number of likely N-dealkylation sites (tertiary alicyclic amines) is 1. The second kappa shape index (κ2) is 5.36. The molecule has 0 aromatic heterocycles. The van der Waals surface area contributed by atoms with Gasteiger partial charge in [0.1, 0.15) is 0 Å². The van der Waals surface area contributed by atoms with Crippen molar-refractivity contribution in [2.24, 2.45) is 22.6 Å². The van der Waals surface area contributed by atoms with E-state index in [1.807, 2.05) is 0 Å². The fourth-order valence-electron chi connectivity index (χ4n) is 4.33. The van der Waals surface area contributed by atoms with Crippen LogP contribution in [-0.2, 0) is 6.42 Å². The SMILES string of the molecule is NC(=NCC1C2Cc3ccccc3C12)N1CCCCCC1. The van der Waals surface area contributed by atoms with Crippen LogP contribution in [0.2, 0.25) is 0 Å². The number of nitrogens with zero attached hydrogens (tertiary/aromatic N) is 2. The Morgan fingerprint density at radius 1 is 1.14 bits per heavy atom. The molecule has 3 aliphatic rings. The minimum Gasteiger partial charge on any atom is -0.370 e. The Balaban J connectivity index is 1.37. The van der Waals surface area contributed by atoms with Gasteiger partial charge in [0.2, 0.25) is 0 Å². The van der Waals surface area contributed by atoms with Gasteiger partial charge in [0.05, 0.1) is 0 Å². The van der Waals surface area contributed by atoms with E-state index in [0.717, 1.165) is 43.3 Å². The van der Waals surface area contributed by atoms with Crippen molar-refractivity contribution in [3.63, 3.8) is 0 Å². The molecule has 2 N–H and O–H groups in total. The molecule has 1 saturated heterocycles. The van der Waals surface area contributed by atoms with Gasteiger partial charge in [-0.05, 0) is 48.1 Å². The number of aliphatic imine (C=N–C) groups is 1. The van der Waals surface area contributed by atoms with Gasteiger partial charge in [0, 0.05) is 19.6 Å². The molecule has 2 aliphatic carbocycles. The van der Waals surface area contributed by atoms with Crippen LogP contribution in [0.15, 0.2) is 29.3 Å². The highest BCUT2D eigenvalue weighted by atomic mass is 15.2. The number of guanidine groups is 1. The molecular formula is C18H25N3. The zero-order valence-corrected chi connectivity index (χ0v) is 12.7. The third-order valence-corrected chi connectivity index (χ3v) is 5.60. The number of benzene rings is 1. The average molecular weight is 283 g/mol. The molecule has 0 radical (unpaired) electrons. The Morgan fingerprint density at radius 3 is 2.71 bits per heavy atom. The first-order valence-electron chi connectivity index (χ1n) is 8.47. The van der Waals surface area contributed by atoms with Crippen molar-refractivity contribution < 1.29 is 0 Å². The first-order chi connectivity index (χ1) is 10.3. The molecule has 2 fully saturated rings. The van der Waals surface area contributed by atoms with Gasteiger partial charge in [0.25, 0.3) is 0 Å². The normalized spacial score (nSPS) is 31.5. The summed E-state index contributed by atoms with van der Waals surface area (Å²) >= 11 is 0. The molecule has 3 heteroatoms. The second-order valence-electron chi connectivity index (χ2n) is 6.86. The van der Waals surface area contributed by atoms with Crippen molar-refractivity contribution in [1.82, 2.24) is 4.90 Å². The van der Waals surface area contributed by atoms with Gasteiger partial charge in [-0.15, -0.1) is 0 Å². The average Bonchev–Trinajstić information content (AvgIpc) is 3.15. The van der Waals surface area contributed by atoms with Crippen molar-refractivity contribution in [3.05, 3.63) is 35.4 Å². The highest BCUT2D eigenvalue weighted by Gasteiger charge is 2.54. The summed E-state index contributed by atoms with van der Waals surface area (Å²) in [5.74, 6) is 3.13. The second-order valence-corrected chi connectivity index (χ2v) is 6.86. The van der Waals surface area contributed by atoms with E-state index >= 15 is 0 Å². The molecule has 0 spiro atoms. The molecule has 1 aromatic rings. The summed E-state index contributed by atoms with van der Waals surface area (Å²) in [7, 11) is 0. The lowest BCUT2D eigenvalue weighted by atomic mass is 10.0. The Kier molecular flexibility index (Phi) is 3.36. The fourth-order valence-corrected chi connectivity index (χ4v) is 4.33. The zero-order chi connectivity index (χ0) is 14.2. The van der Waals surface area contributed by atoms with Crippen molar-refractivity contribution in [3.8, 4) is 0 Å². The predicted octanol–water partition coefficient (Wildman–Crippen LogP) is 2.76. The summed E-state index contributed by atoms with van der Waals surface area (Å²) < 4.78 is 0. The molecule has 0 amide bonds. The first kappa shape index (κ1) is 13.2. The molecular weight excluding hydrogens is 258 g/mol. The summed E-state index contributed by atoms with van der Waals surface area (Å²) in [6, 6.07) is 8.93. The summed E-state index contributed by atoms with van der Waals surface area (Å²) in [6.45, 7) is 3.11. The zero-order valence-electron chi connectivity index (χ0n) is 12.7. The third kappa shape index (κ3) is 2.43. The van der Waals surface area contributed by atoms with E-state index < -0.39 is 0 Å². The van der Waals surface area contributed by atoms with Crippen molar-refractivity contribution in [1.29, 1.82) is 0 Å². The topological polar surface area (TPSA) is 41.6 Å². The van der Waals surface area contributed by atoms with E-state index in [1.165, 1.54) is 32.1 Å². The number of hydrogen-bond acceptors (Lipinski definition) is 1. The van der Waals surface area contributed by atoms with Gasteiger partial charge in [-0.3, -0.25) is 4.99 Å². The van der Waals surface area contributed by atoms with Crippen LogP contribution in [0, 0.1) is 11.8 Å². The Morgan fingerprint density at radius 2 is 1.90 bits per heavy atom. The molecule has 3 nitrogen and oxygen atoms in total. The van der Waals surface area contributed by atoms with E-state index in [0.29, 0.717) is 0 Å². The summed E-state index contributed by atoms with van der Waals surface area (Å²) in [4.78, 5) is 7.02. The van der Waals surface area contributed by atoms with Crippen LogP contribution in [0.3, 0.4) is 0 Å². The van der Waals surface area contributed by atoms with Gasteiger partial charge in [-0.2, -0.15) is 0 Å². The Labute approximate surface area is 127 Å². The maximum Gasteiger partial charge on any atom is 0.191 e. The van der Waals surface area contributed by atoms with Gasteiger partial charge in [-0.25, -0.2) is 0 Å². The number of fused-ring (bicyclic) bond motifs is 3. The van der Waals surface area contributed by atoms with Crippen molar-refractivity contribution in [2.45, 2.75) is 38.0 Å². The molecule has 1 aromatic carbocycles.